The molecule has 0 fully saturated rings. The van der Waals surface area contributed by atoms with Gasteiger partial charge in [0.25, 0.3) is 0 Å². The minimum absolute atomic E-state index is 0.120. The molecule has 0 aliphatic heterocycles. The van der Waals surface area contributed by atoms with Crippen LogP contribution in [0.1, 0.15) is 27.6 Å². The number of rotatable bonds is 4. The zero-order valence-corrected chi connectivity index (χ0v) is 10.7. The number of hydrogen-bond donors (Lipinski definition) is 0. The Kier molecular flexibility index (Phi) is 4.04. The van der Waals surface area contributed by atoms with Crippen LogP contribution in [0.4, 0.5) is 0 Å². The molecule has 2 nitrogen and oxygen atoms in total. The molecule has 0 N–H and O–H groups in total. The SMILES string of the molecule is C/C(=C/C(=O)c1ccccc1)C(=O)c1ccccc1. The van der Waals surface area contributed by atoms with Gasteiger partial charge in [0, 0.05) is 16.7 Å². The Hall–Kier alpha value is -2.48. The Morgan fingerprint density at radius 2 is 1.26 bits per heavy atom. The zero-order chi connectivity index (χ0) is 13.7. The van der Waals surface area contributed by atoms with E-state index in [2.05, 4.69) is 0 Å². The van der Waals surface area contributed by atoms with E-state index in [-0.39, 0.29) is 11.6 Å². The van der Waals surface area contributed by atoms with Crippen molar-refractivity contribution in [3.63, 3.8) is 0 Å². The first kappa shape index (κ1) is 13.0. The first-order valence-electron chi connectivity index (χ1n) is 6.06. The van der Waals surface area contributed by atoms with Crippen molar-refractivity contribution in [3.05, 3.63) is 83.4 Å². The van der Waals surface area contributed by atoms with E-state index in [0.29, 0.717) is 16.7 Å². The summed E-state index contributed by atoms with van der Waals surface area (Å²) in [6, 6.07) is 17.9. The maximum atomic E-state index is 12.1. The molecule has 0 aliphatic carbocycles. The van der Waals surface area contributed by atoms with Crippen LogP contribution in [0.15, 0.2) is 72.3 Å². The van der Waals surface area contributed by atoms with E-state index in [4.69, 9.17) is 0 Å². The highest BCUT2D eigenvalue weighted by Gasteiger charge is 2.10. The van der Waals surface area contributed by atoms with Gasteiger partial charge in [-0.2, -0.15) is 0 Å². The maximum Gasteiger partial charge on any atom is 0.188 e. The molecule has 0 aromatic heterocycles. The van der Waals surface area contributed by atoms with E-state index in [1.807, 2.05) is 12.1 Å². The summed E-state index contributed by atoms with van der Waals surface area (Å²) in [5.74, 6) is -0.271. The molecule has 0 radical (unpaired) electrons. The lowest BCUT2D eigenvalue weighted by Gasteiger charge is -2.01. The first-order chi connectivity index (χ1) is 9.18. The standard InChI is InChI=1S/C17H14O2/c1-13(17(19)15-10-6-3-7-11-15)12-16(18)14-8-4-2-5-9-14/h2-12H,1H3/b13-12-. The van der Waals surface area contributed by atoms with Crippen LogP contribution in [0.5, 0.6) is 0 Å². The summed E-state index contributed by atoms with van der Waals surface area (Å²) in [6.45, 7) is 1.66. The van der Waals surface area contributed by atoms with Crippen LogP contribution >= 0.6 is 0 Å². The molecule has 0 atom stereocenters. The molecule has 0 aliphatic rings. The van der Waals surface area contributed by atoms with E-state index in [9.17, 15) is 9.59 Å². The fourth-order valence-electron chi connectivity index (χ4n) is 1.77. The second-order valence-electron chi connectivity index (χ2n) is 4.25. The summed E-state index contributed by atoms with van der Waals surface area (Å²) in [5, 5.41) is 0. The Morgan fingerprint density at radius 1 is 0.789 bits per heavy atom. The Labute approximate surface area is 112 Å². The molecule has 0 amide bonds. The molecular weight excluding hydrogens is 236 g/mol. The molecule has 2 aromatic carbocycles. The normalized spacial score (nSPS) is 11.1. The van der Waals surface area contributed by atoms with Crippen LogP contribution < -0.4 is 0 Å². The van der Waals surface area contributed by atoms with Crippen LogP contribution in [0.3, 0.4) is 0 Å². The Morgan fingerprint density at radius 3 is 1.79 bits per heavy atom. The lowest BCUT2D eigenvalue weighted by Crippen LogP contribution is -2.03. The predicted octanol–water partition coefficient (Wildman–Crippen LogP) is 3.70. The average Bonchev–Trinajstić information content (AvgIpc) is 2.48. The van der Waals surface area contributed by atoms with Crippen molar-refractivity contribution in [1.29, 1.82) is 0 Å². The molecule has 2 heteroatoms. The minimum atomic E-state index is -0.151. The number of benzene rings is 2. The van der Waals surface area contributed by atoms with Crippen molar-refractivity contribution in [3.8, 4) is 0 Å². The van der Waals surface area contributed by atoms with Crippen molar-refractivity contribution < 1.29 is 9.59 Å². The smallest absolute Gasteiger partial charge is 0.188 e. The number of carbonyl (C=O) groups is 2. The number of Topliss-reactive ketones (excluding diaryl/α,β-unsaturated/α-hetero) is 1. The van der Waals surface area contributed by atoms with Gasteiger partial charge in [0.2, 0.25) is 0 Å². The van der Waals surface area contributed by atoms with Crippen molar-refractivity contribution in [1.82, 2.24) is 0 Å². The lowest BCUT2D eigenvalue weighted by atomic mass is 10.0. The number of ketones is 2. The topological polar surface area (TPSA) is 34.1 Å². The van der Waals surface area contributed by atoms with Crippen molar-refractivity contribution >= 4 is 11.6 Å². The summed E-state index contributed by atoms with van der Waals surface area (Å²) < 4.78 is 0. The van der Waals surface area contributed by atoms with Gasteiger partial charge in [0.15, 0.2) is 11.6 Å². The van der Waals surface area contributed by atoms with Crippen molar-refractivity contribution in [2.24, 2.45) is 0 Å². The fourth-order valence-corrected chi connectivity index (χ4v) is 1.77. The summed E-state index contributed by atoms with van der Waals surface area (Å²) in [6.07, 6.45) is 1.39. The van der Waals surface area contributed by atoms with Crippen molar-refractivity contribution in [2.45, 2.75) is 6.92 Å². The fraction of sp³-hybridized carbons (Fsp3) is 0.0588. The van der Waals surface area contributed by atoms with Crippen LogP contribution in [-0.4, -0.2) is 11.6 Å². The lowest BCUT2D eigenvalue weighted by molar-refractivity contribution is 0.101. The second kappa shape index (κ2) is 5.91. The van der Waals surface area contributed by atoms with Gasteiger partial charge in [-0.1, -0.05) is 60.7 Å². The van der Waals surface area contributed by atoms with E-state index >= 15 is 0 Å². The quantitative estimate of drug-likeness (QED) is 0.612. The van der Waals surface area contributed by atoms with Crippen molar-refractivity contribution in [2.75, 3.05) is 0 Å². The number of allylic oxidation sites excluding steroid dienone is 2. The van der Waals surface area contributed by atoms with E-state index in [1.54, 1.807) is 55.5 Å². The summed E-state index contributed by atoms with van der Waals surface area (Å²) in [7, 11) is 0. The second-order valence-corrected chi connectivity index (χ2v) is 4.25. The maximum absolute atomic E-state index is 12.1. The minimum Gasteiger partial charge on any atom is -0.289 e. The van der Waals surface area contributed by atoms with E-state index in [0.717, 1.165) is 0 Å². The van der Waals surface area contributed by atoms with Gasteiger partial charge in [-0.15, -0.1) is 0 Å². The van der Waals surface area contributed by atoms with E-state index in [1.165, 1.54) is 6.08 Å². The van der Waals surface area contributed by atoms with Gasteiger partial charge in [-0.25, -0.2) is 0 Å². The zero-order valence-electron chi connectivity index (χ0n) is 10.7. The highest BCUT2D eigenvalue weighted by molar-refractivity contribution is 6.14. The van der Waals surface area contributed by atoms with Gasteiger partial charge in [-0.05, 0) is 13.0 Å². The number of hydrogen-bond acceptors (Lipinski definition) is 2. The highest BCUT2D eigenvalue weighted by atomic mass is 16.1. The third-order valence-electron chi connectivity index (χ3n) is 2.80. The van der Waals surface area contributed by atoms with Crippen LogP contribution in [0.25, 0.3) is 0 Å². The van der Waals surface area contributed by atoms with Gasteiger partial charge < -0.3 is 0 Å². The molecule has 0 unspecified atom stereocenters. The van der Waals surface area contributed by atoms with Crippen LogP contribution in [0.2, 0.25) is 0 Å². The monoisotopic (exact) mass is 250 g/mol. The van der Waals surface area contributed by atoms with Gasteiger partial charge in [0.05, 0.1) is 0 Å². The highest BCUT2D eigenvalue weighted by Crippen LogP contribution is 2.10. The summed E-state index contributed by atoms with van der Waals surface area (Å²) >= 11 is 0. The molecule has 0 heterocycles. The molecule has 19 heavy (non-hydrogen) atoms. The summed E-state index contributed by atoms with van der Waals surface area (Å²) in [4.78, 5) is 24.1. The molecule has 2 rings (SSSR count). The molecule has 0 spiro atoms. The third kappa shape index (κ3) is 3.26. The molecular formula is C17H14O2. The van der Waals surface area contributed by atoms with Gasteiger partial charge in [-0.3, -0.25) is 9.59 Å². The molecule has 0 saturated heterocycles. The predicted molar refractivity (Wildman–Crippen MR) is 75.3 cm³/mol. The molecule has 2 aromatic rings. The molecule has 0 bridgehead atoms. The average molecular weight is 250 g/mol. The summed E-state index contributed by atoms with van der Waals surface area (Å²) in [5.41, 5.74) is 1.62. The van der Waals surface area contributed by atoms with Gasteiger partial charge in [0.1, 0.15) is 0 Å². The molecule has 94 valence electrons. The van der Waals surface area contributed by atoms with E-state index < -0.39 is 0 Å². The first-order valence-corrected chi connectivity index (χ1v) is 6.06. The molecule has 0 saturated carbocycles. The Balaban J connectivity index is 2.20. The van der Waals surface area contributed by atoms with Gasteiger partial charge >= 0.3 is 0 Å². The largest absolute Gasteiger partial charge is 0.289 e. The van der Waals surface area contributed by atoms with Crippen LogP contribution in [-0.2, 0) is 0 Å². The Bertz CT molecular complexity index is 610. The third-order valence-corrected chi connectivity index (χ3v) is 2.80. The number of carbonyl (C=O) groups excluding carboxylic acids is 2. The van der Waals surface area contributed by atoms with Crippen LogP contribution in [0, 0.1) is 0 Å².